The summed E-state index contributed by atoms with van der Waals surface area (Å²) in [6.45, 7) is 3.50. The Morgan fingerprint density at radius 1 is 1.33 bits per heavy atom. The molecule has 1 rings (SSSR count). The Bertz CT molecular complexity index is 474. The molecular formula is C8H8O5S2. The van der Waals surface area contributed by atoms with E-state index in [9.17, 15) is 12.6 Å². The molecule has 1 N–H and O–H groups in total. The summed E-state index contributed by atoms with van der Waals surface area (Å²) in [5.41, 5.74) is 0.735. The van der Waals surface area contributed by atoms with E-state index in [-0.39, 0.29) is 4.90 Å². The predicted molar refractivity (Wildman–Crippen MR) is 55.6 cm³/mol. The van der Waals surface area contributed by atoms with E-state index in [0.717, 1.165) is 5.56 Å². The third kappa shape index (κ3) is 3.24. The van der Waals surface area contributed by atoms with Gasteiger partial charge in [0.05, 0.1) is 4.90 Å². The van der Waals surface area contributed by atoms with Crippen LogP contribution in [-0.4, -0.2) is 17.2 Å². The van der Waals surface area contributed by atoms with Gasteiger partial charge in [0.2, 0.25) is 0 Å². The summed E-state index contributed by atoms with van der Waals surface area (Å²) in [5.74, 6) is 0. The average molecular weight is 248 g/mol. The molecular weight excluding hydrogens is 240 g/mol. The van der Waals surface area contributed by atoms with Crippen LogP contribution in [0.5, 0.6) is 0 Å². The Morgan fingerprint density at radius 3 is 2.27 bits per heavy atom. The van der Waals surface area contributed by atoms with E-state index in [1.807, 2.05) is 0 Å². The van der Waals surface area contributed by atoms with Gasteiger partial charge in [-0.2, -0.15) is 12.6 Å². The molecule has 0 aliphatic carbocycles. The van der Waals surface area contributed by atoms with Gasteiger partial charge < -0.3 is 0 Å². The van der Waals surface area contributed by atoms with Crippen LogP contribution in [0.15, 0.2) is 35.7 Å². The first-order chi connectivity index (χ1) is 6.95. The lowest BCUT2D eigenvalue weighted by molar-refractivity contribution is 0.442. The molecule has 15 heavy (non-hydrogen) atoms. The van der Waals surface area contributed by atoms with E-state index in [2.05, 4.69) is 10.2 Å². The highest BCUT2D eigenvalue weighted by Crippen LogP contribution is 2.14. The molecule has 5 nitrogen and oxygen atoms in total. The van der Waals surface area contributed by atoms with Crippen LogP contribution in [0.4, 0.5) is 0 Å². The summed E-state index contributed by atoms with van der Waals surface area (Å²) in [6, 6.07) is 5.53. The first kappa shape index (κ1) is 12.1. The largest absolute Gasteiger partial charge is 0.317 e. The van der Waals surface area contributed by atoms with Gasteiger partial charge in [0, 0.05) is 0 Å². The highest BCUT2D eigenvalue weighted by molar-refractivity contribution is 7.95. The molecule has 0 bridgehead atoms. The molecule has 0 amide bonds. The monoisotopic (exact) mass is 248 g/mol. The fraction of sp³-hybridized carbons (Fsp3) is 0. The summed E-state index contributed by atoms with van der Waals surface area (Å²) in [5, 5.41) is 0. The summed E-state index contributed by atoms with van der Waals surface area (Å²) in [7, 11) is -4.17. The van der Waals surface area contributed by atoms with Gasteiger partial charge in [0.15, 0.2) is 0 Å². The summed E-state index contributed by atoms with van der Waals surface area (Å²) in [6.07, 6.45) is 1.54. The van der Waals surface area contributed by atoms with Gasteiger partial charge >= 0.3 is 21.5 Å². The molecule has 1 aromatic carbocycles. The molecule has 1 atom stereocenters. The minimum atomic E-state index is -4.17. The lowest BCUT2D eigenvalue weighted by atomic mass is 10.2. The maximum atomic E-state index is 11.2. The van der Waals surface area contributed by atoms with Crippen LogP contribution in [0, 0.1) is 0 Å². The Balaban J connectivity index is 3.06. The maximum absolute atomic E-state index is 11.2. The smallest absolute Gasteiger partial charge is 0.283 e. The molecule has 0 saturated heterocycles. The maximum Gasteiger partial charge on any atom is 0.317 e. The van der Waals surface area contributed by atoms with E-state index in [1.54, 1.807) is 6.08 Å². The highest BCUT2D eigenvalue weighted by atomic mass is 32.3. The number of rotatable bonds is 4. The second-order valence-electron chi connectivity index (χ2n) is 2.51. The third-order valence-corrected chi connectivity index (χ3v) is 3.58. The summed E-state index contributed by atoms with van der Waals surface area (Å²) >= 11 is -2.85. The molecule has 0 aromatic heterocycles. The minimum Gasteiger partial charge on any atom is -0.283 e. The molecule has 0 heterocycles. The Labute approximate surface area is 90.0 Å². The van der Waals surface area contributed by atoms with Crippen LogP contribution >= 0.6 is 0 Å². The van der Waals surface area contributed by atoms with Gasteiger partial charge in [-0.1, -0.05) is 24.8 Å². The molecule has 0 radical (unpaired) electrons. The van der Waals surface area contributed by atoms with Gasteiger partial charge in [-0.25, -0.2) is 0 Å². The molecule has 7 heteroatoms. The fourth-order valence-corrected chi connectivity index (χ4v) is 2.28. The Morgan fingerprint density at radius 2 is 1.87 bits per heavy atom. The van der Waals surface area contributed by atoms with Crippen molar-refractivity contribution >= 4 is 27.6 Å². The van der Waals surface area contributed by atoms with Gasteiger partial charge in [-0.3, -0.25) is 4.55 Å². The summed E-state index contributed by atoms with van der Waals surface area (Å²) < 4.78 is 44.9. The van der Waals surface area contributed by atoms with Gasteiger partial charge in [-0.05, 0) is 17.7 Å². The van der Waals surface area contributed by atoms with Crippen molar-refractivity contribution in [1.29, 1.82) is 0 Å². The Kier molecular flexibility index (Phi) is 3.75. The van der Waals surface area contributed by atoms with Crippen molar-refractivity contribution in [1.82, 2.24) is 0 Å². The van der Waals surface area contributed by atoms with E-state index >= 15 is 0 Å². The Hall–Kier alpha value is -1.02. The zero-order chi connectivity index (χ0) is 11.5. The van der Waals surface area contributed by atoms with Crippen LogP contribution in [-0.2, 0) is 25.1 Å². The van der Waals surface area contributed by atoms with Crippen molar-refractivity contribution < 1.29 is 20.8 Å². The van der Waals surface area contributed by atoms with Crippen LogP contribution in [0.1, 0.15) is 5.56 Å². The second-order valence-corrected chi connectivity index (χ2v) is 4.87. The van der Waals surface area contributed by atoms with Crippen molar-refractivity contribution in [2.24, 2.45) is 0 Å². The first-order valence-corrected chi connectivity index (χ1v) is 6.18. The normalized spacial score (nSPS) is 13.4. The minimum absolute atomic E-state index is 0.185. The number of hydrogen-bond acceptors (Lipinski definition) is 4. The van der Waals surface area contributed by atoms with Crippen LogP contribution in [0.2, 0.25) is 0 Å². The molecule has 0 aliphatic rings. The predicted octanol–water partition coefficient (Wildman–Crippen LogP) is 1.17. The van der Waals surface area contributed by atoms with E-state index in [1.165, 1.54) is 24.3 Å². The topological polar surface area (TPSA) is 80.7 Å². The van der Waals surface area contributed by atoms with Gasteiger partial charge in [0.1, 0.15) is 0 Å². The van der Waals surface area contributed by atoms with Crippen LogP contribution in [0.25, 0.3) is 6.08 Å². The zero-order valence-electron chi connectivity index (χ0n) is 7.49. The molecule has 0 aliphatic heterocycles. The summed E-state index contributed by atoms with van der Waals surface area (Å²) in [4.78, 5) is -0.185. The van der Waals surface area contributed by atoms with Crippen molar-refractivity contribution in [3.8, 4) is 0 Å². The van der Waals surface area contributed by atoms with Crippen molar-refractivity contribution in [2.75, 3.05) is 0 Å². The SMILES string of the molecule is C=Cc1ccc(S(=O)(=O)OS(=O)O)cc1. The van der Waals surface area contributed by atoms with E-state index in [0.29, 0.717) is 0 Å². The van der Waals surface area contributed by atoms with Gasteiger partial charge in [0.25, 0.3) is 0 Å². The molecule has 82 valence electrons. The molecule has 0 saturated carbocycles. The average Bonchev–Trinajstić information content (AvgIpc) is 2.16. The second kappa shape index (κ2) is 4.67. The number of benzene rings is 1. The van der Waals surface area contributed by atoms with Crippen LogP contribution in [0.3, 0.4) is 0 Å². The lowest BCUT2D eigenvalue weighted by Gasteiger charge is -2.01. The van der Waals surface area contributed by atoms with Crippen LogP contribution < -0.4 is 0 Å². The quantitative estimate of drug-likeness (QED) is 0.809. The number of hydrogen-bond donors (Lipinski definition) is 1. The molecule has 0 fully saturated rings. The molecule has 1 aromatic rings. The van der Waals surface area contributed by atoms with Crippen molar-refractivity contribution in [2.45, 2.75) is 4.90 Å². The highest BCUT2D eigenvalue weighted by Gasteiger charge is 2.17. The van der Waals surface area contributed by atoms with Crippen molar-refractivity contribution in [3.63, 3.8) is 0 Å². The standard InChI is InChI=1S/C8H8O5S2/c1-2-7-3-5-8(6-4-7)15(11,12)13-14(9)10/h2-6H,1H2,(H,9,10). The van der Waals surface area contributed by atoms with Gasteiger partial charge in [-0.15, -0.1) is 3.63 Å². The first-order valence-electron chi connectivity index (χ1n) is 3.74. The lowest BCUT2D eigenvalue weighted by Crippen LogP contribution is -2.07. The van der Waals surface area contributed by atoms with E-state index in [4.69, 9.17) is 4.55 Å². The fourth-order valence-electron chi connectivity index (χ4n) is 0.886. The van der Waals surface area contributed by atoms with E-state index < -0.39 is 21.5 Å². The molecule has 0 spiro atoms. The zero-order valence-corrected chi connectivity index (χ0v) is 9.12. The van der Waals surface area contributed by atoms with Crippen molar-refractivity contribution in [3.05, 3.63) is 36.4 Å². The third-order valence-electron chi connectivity index (χ3n) is 1.55. The molecule has 1 unspecified atom stereocenters.